The minimum atomic E-state index is 0.592. The number of nitrogens with two attached hydrogens (primary N) is 1. The lowest BCUT2D eigenvalue weighted by Gasteiger charge is -2.10. The Labute approximate surface area is 108 Å². The highest BCUT2D eigenvalue weighted by atomic mass is 79.9. The molecule has 0 saturated heterocycles. The molecule has 0 atom stereocenters. The van der Waals surface area contributed by atoms with Gasteiger partial charge in [0.2, 0.25) is 0 Å². The molecule has 0 aliphatic heterocycles. The van der Waals surface area contributed by atoms with Crippen molar-refractivity contribution in [1.29, 1.82) is 0 Å². The molecule has 6 heteroatoms. The summed E-state index contributed by atoms with van der Waals surface area (Å²) >= 11 is 3.41. The van der Waals surface area contributed by atoms with Gasteiger partial charge in [-0.15, -0.1) is 0 Å². The molecule has 2 rings (SSSR count). The van der Waals surface area contributed by atoms with Gasteiger partial charge in [-0.25, -0.2) is 0 Å². The number of benzene rings is 1. The zero-order valence-electron chi connectivity index (χ0n) is 9.57. The van der Waals surface area contributed by atoms with Crippen molar-refractivity contribution in [1.82, 2.24) is 9.78 Å². The van der Waals surface area contributed by atoms with Gasteiger partial charge in [0.1, 0.15) is 5.75 Å². The van der Waals surface area contributed by atoms with Gasteiger partial charge >= 0.3 is 0 Å². The fraction of sp³-hybridized carbons (Fsp3) is 0.182. The maximum atomic E-state index is 5.82. The van der Waals surface area contributed by atoms with Crippen LogP contribution >= 0.6 is 15.9 Å². The SMILES string of the molecule is COc1ccc(Br)cc1Nc1nn(C)cc1N. The van der Waals surface area contributed by atoms with Gasteiger partial charge in [0.05, 0.1) is 18.5 Å². The Bertz CT molecular complexity index is 538. The zero-order valence-corrected chi connectivity index (χ0v) is 11.2. The number of nitrogens with zero attached hydrogens (tertiary/aromatic N) is 2. The minimum Gasteiger partial charge on any atom is -0.495 e. The van der Waals surface area contributed by atoms with Crippen LogP contribution < -0.4 is 15.8 Å². The zero-order chi connectivity index (χ0) is 12.4. The number of nitrogens with one attached hydrogen (secondary N) is 1. The summed E-state index contributed by atoms with van der Waals surface area (Å²) in [6, 6.07) is 5.68. The first-order chi connectivity index (χ1) is 8.10. The van der Waals surface area contributed by atoms with E-state index in [9.17, 15) is 0 Å². The molecule has 0 spiro atoms. The second-order valence-electron chi connectivity index (χ2n) is 3.58. The lowest BCUT2D eigenvalue weighted by molar-refractivity contribution is 0.416. The van der Waals surface area contributed by atoms with Crippen LogP contribution in [-0.2, 0) is 7.05 Å². The van der Waals surface area contributed by atoms with Gasteiger partial charge in [-0.1, -0.05) is 15.9 Å². The molecule has 1 aromatic carbocycles. The van der Waals surface area contributed by atoms with Crippen LogP contribution in [0.25, 0.3) is 0 Å². The number of hydrogen-bond donors (Lipinski definition) is 2. The molecule has 17 heavy (non-hydrogen) atoms. The topological polar surface area (TPSA) is 65.1 Å². The first kappa shape index (κ1) is 11.8. The summed E-state index contributed by atoms with van der Waals surface area (Å²) in [5.74, 6) is 1.35. The molecule has 0 bridgehead atoms. The van der Waals surface area contributed by atoms with Gasteiger partial charge in [-0.3, -0.25) is 4.68 Å². The van der Waals surface area contributed by atoms with Crippen LogP contribution in [0.1, 0.15) is 0 Å². The van der Waals surface area contributed by atoms with Gasteiger partial charge in [0, 0.05) is 17.7 Å². The standard InChI is InChI=1S/C11H13BrN4O/c1-16-6-8(13)11(15-16)14-9-5-7(12)3-4-10(9)17-2/h3-6H,13H2,1-2H3,(H,14,15). The Morgan fingerprint density at radius 1 is 1.47 bits per heavy atom. The van der Waals surface area contributed by atoms with E-state index in [4.69, 9.17) is 10.5 Å². The number of ether oxygens (including phenoxy) is 1. The van der Waals surface area contributed by atoms with E-state index in [2.05, 4.69) is 26.3 Å². The van der Waals surface area contributed by atoms with Crippen molar-refractivity contribution in [2.45, 2.75) is 0 Å². The molecule has 1 aromatic heterocycles. The van der Waals surface area contributed by atoms with Crippen molar-refractivity contribution < 1.29 is 4.74 Å². The van der Waals surface area contributed by atoms with E-state index in [1.165, 1.54) is 0 Å². The normalized spacial score (nSPS) is 10.3. The number of nitrogen functional groups attached to an aromatic ring is 1. The Morgan fingerprint density at radius 3 is 2.82 bits per heavy atom. The third kappa shape index (κ3) is 2.52. The molecule has 0 aliphatic carbocycles. The molecule has 0 radical (unpaired) electrons. The summed E-state index contributed by atoms with van der Waals surface area (Å²) in [4.78, 5) is 0. The maximum absolute atomic E-state index is 5.82. The van der Waals surface area contributed by atoms with Gasteiger partial charge in [-0.05, 0) is 18.2 Å². The molecule has 1 heterocycles. The van der Waals surface area contributed by atoms with E-state index in [0.29, 0.717) is 11.5 Å². The molecule has 5 nitrogen and oxygen atoms in total. The van der Waals surface area contributed by atoms with Crippen LogP contribution in [-0.4, -0.2) is 16.9 Å². The van der Waals surface area contributed by atoms with Crippen molar-refractivity contribution >= 4 is 33.1 Å². The van der Waals surface area contributed by atoms with Crippen molar-refractivity contribution in [3.05, 3.63) is 28.9 Å². The minimum absolute atomic E-state index is 0.592. The number of hydrogen-bond acceptors (Lipinski definition) is 4. The highest BCUT2D eigenvalue weighted by molar-refractivity contribution is 9.10. The number of halogens is 1. The van der Waals surface area contributed by atoms with Crippen LogP contribution in [0.15, 0.2) is 28.9 Å². The molecule has 0 aliphatic rings. The monoisotopic (exact) mass is 296 g/mol. The summed E-state index contributed by atoms with van der Waals surface area (Å²) in [7, 11) is 3.44. The van der Waals surface area contributed by atoms with E-state index in [1.807, 2.05) is 25.2 Å². The van der Waals surface area contributed by atoms with Gasteiger partial charge in [0.15, 0.2) is 5.82 Å². The van der Waals surface area contributed by atoms with Gasteiger partial charge < -0.3 is 15.8 Å². The first-order valence-corrected chi connectivity index (χ1v) is 5.79. The molecule has 0 saturated carbocycles. The van der Waals surface area contributed by atoms with Crippen molar-refractivity contribution in [2.24, 2.45) is 7.05 Å². The van der Waals surface area contributed by atoms with Crippen LogP contribution in [0.4, 0.5) is 17.2 Å². The highest BCUT2D eigenvalue weighted by Crippen LogP contribution is 2.31. The van der Waals surface area contributed by atoms with Crippen LogP contribution in [0, 0.1) is 0 Å². The number of aryl methyl sites for hydroxylation is 1. The smallest absolute Gasteiger partial charge is 0.175 e. The summed E-state index contributed by atoms with van der Waals surface area (Å²) in [5.41, 5.74) is 7.22. The average Bonchev–Trinajstić information content (AvgIpc) is 2.58. The van der Waals surface area contributed by atoms with Gasteiger partial charge in [0.25, 0.3) is 0 Å². The predicted octanol–water partition coefficient (Wildman–Crippen LogP) is 2.52. The van der Waals surface area contributed by atoms with E-state index in [0.717, 1.165) is 15.9 Å². The quantitative estimate of drug-likeness (QED) is 0.913. The molecule has 3 N–H and O–H groups in total. The summed E-state index contributed by atoms with van der Waals surface area (Å²) in [6.07, 6.45) is 1.74. The first-order valence-electron chi connectivity index (χ1n) is 5.00. The van der Waals surface area contributed by atoms with E-state index >= 15 is 0 Å². The van der Waals surface area contributed by atoms with Gasteiger partial charge in [-0.2, -0.15) is 5.10 Å². The highest BCUT2D eigenvalue weighted by Gasteiger charge is 2.08. The third-order valence-corrected chi connectivity index (χ3v) is 2.76. The summed E-state index contributed by atoms with van der Waals surface area (Å²) in [5, 5.41) is 7.36. The largest absolute Gasteiger partial charge is 0.495 e. The summed E-state index contributed by atoms with van der Waals surface area (Å²) < 4.78 is 7.87. The molecular formula is C11H13BrN4O. The average molecular weight is 297 g/mol. The van der Waals surface area contributed by atoms with Crippen molar-refractivity contribution in [2.75, 3.05) is 18.2 Å². The Kier molecular flexibility index (Phi) is 3.23. The fourth-order valence-electron chi connectivity index (χ4n) is 1.51. The predicted molar refractivity (Wildman–Crippen MR) is 71.6 cm³/mol. The Hall–Kier alpha value is -1.69. The summed E-state index contributed by atoms with van der Waals surface area (Å²) in [6.45, 7) is 0. The lowest BCUT2D eigenvalue weighted by Crippen LogP contribution is -1.98. The van der Waals surface area contributed by atoms with E-state index < -0.39 is 0 Å². The molecule has 0 fully saturated rings. The molecule has 0 amide bonds. The van der Waals surface area contributed by atoms with Crippen LogP contribution in [0.2, 0.25) is 0 Å². The molecule has 0 unspecified atom stereocenters. The molecule has 2 aromatic rings. The molecular weight excluding hydrogens is 284 g/mol. The van der Waals surface area contributed by atoms with Crippen molar-refractivity contribution in [3.63, 3.8) is 0 Å². The van der Waals surface area contributed by atoms with Crippen LogP contribution in [0.5, 0.6) is 5.75 Å². The second kappa shape index (κ2) is 4.67. The third-order valence-electron chi connectivity index (χ3n) is 2.27. The number of rotatable bonds is 3. The number of methoxy groups -OCH3 is 1. The van der Waals surface area contributed by atoms with Crippen LogP contribution in [0.3, 0.4) is 0 Å². The number of aromatic nitrogens is 2. The fourth-order valence-corrected chi connectivity index (χ4v) is 1.87. The second-order valence-corrected chi connectivity index (χ2v) is 4.49. The van der Waals surface area contributed by atoms with E-state index in [1.54, 1.807) is 18.0 Å². The molecule has 90 valence electrons. The number of anilines is 3. The Balaban J connectivity index is 2.35. The van der Waals surface area contributed by atoms with E-state index in [-0.39, 0.29) is 0 Å². The lowest BCUT2D eigenvalue weighted by atomic mass is 10.3. The van der Waals surface area contributed by atoms with Crippen molar-refractivity contribution in [3.8, 4) is 5.75 Å². The maximum Gasteiger partial charge on any atom is 0.175 e. The Morgan fingerprint density at radius 2 is 2.24 bits per heavy atom.